The average Bonchev–Trinajstić information content (AvgIpc) is 3.06. The summed E-state index contributed by atoms with van der Waals surface area (Å²) < 4.78 is 31.7. The molecule has 26 heavy (non-hydrogen) atoms. The van der Waals surface area contributed by atoms with Crippen molar-refractivity contribution in [2.75, 3.05) is 5.32 Å². The number of hydrogen-bond acceptors (Lipinski definition) is 5. The molecule has 0 saturated heterocycles. The van der Waals surface area contributed by atoms with Crippen molar-refractivity contribution in [1.82, 2.24) is 0 Å². The van der Waals surface area contributed by atoms with Crippen molar-refractivity contribution in [3.8, 4) is 11.5 Å². The highest BCUT2D eigenvalue weighted by Gasteiger charge is 2.38. The molecule has 1 aromatic carbocycles. The molecule has 0 heterocycles. The Morgan fingerprint density at radius 1 is 1.08 bits per heavy atom. The highest BCUT2D eigenvalue weighted by molar-refractivity contribution is 5.73. The quantitative estimate of drug-likeness (QED) is 0.505. The van der Waals surface area contributed by atoms with E-state index in [9.17, 15) is 28.5 Å². The molecule has 0 aromatic heterocycles. The van der Waals surface area contributed by atoms with E-state index in [-0.39, 0.29) is 11.5 Å². The number of aliphatic hydroxyl groups excluding tert-OH is 1. The first-order valence-electron chi connectivity index (χ1n) is 8.43. The lowest BCUT2D eigenvalue weighted by atomic mass is 9.88. The van der Waals surface area contributed by atoms with Crippen molar-refractivity contribution >= 4 is 11.7 Å². The van der Waals surface area contributed by atoms with Crippen LogP contribution in [0.4, 0.5) is 18.9 Å². The van der Waals surface area contributed by atoms with Gasteiger partial charge >= 0.3 is 12.1 Å². The third kappa shape index (κ3) is 4.72. The van der Waals surface area contributed by atoms with Crippen molar-refractivity contribution in [3.05, 3.63) is 17.2 Å². The van der Waals surface area contributed by atoms with Gasteiger partial charge in [-0.15, -0.1) is 0 Å². The van der Waals surface area contributed by atoms with E-state index in [1.165, 1.54) is 12.8 Å². The van der Waals surface area contributed by atoms with Crippen molar-refractivity contribution in [2.45, 2.75) is 63.3 Å². The lowest BCUT2D eigenvalue weighted by Gasteiger charge is -2.25. The maximum atomic E-state index is 10.6. The second kappa shape index (κ2) is 8.03. The molecule has 1 unspecified atom stereocenters. The molecule has 146 valence electrons. The van der Waals surface area contributed by atoms with Crippen LogP contribution < -0.4 is 5.32 Å². The SMILES string of the molecule is O=C(O)C(F)(F)F.Oc1c(NC2CCCC2)cc2c(c1O)CCCC2O. The van der Waals surface area contributed by atoms with Gasteiger partial charge in [-0.2, -0.15) is 13.2 Å². The number of nitrogens with one attached hydrogen (secondary N) is 1. The Kier molecular flexibility index (Phi) is 6.22. The maximum Gasteiger partial charge on any atom is 0.490 e. The Morgan fingerprint density at radius 3 is 2.19 bits per heavy atom. The van der Waals surface area contributed by atoms with Gasteiger partial charge in [-0.05, 0) is 43.7 Å². The summed E-state index contributed by atoms with van der Waals surface area (Å²) in [6.07, 6.45) is 1.28. The number of halogens is 3. The number of benzene rings is 1. The van der Waals surface area contributed by atoms with Gasteiger partial charge < -0.3 is 25.7 Å². The fourth-order valence-corrected chi connectivity index (χ4v) is 3.31. The van der Waals surface area contributed by atoms with Gasteiger partial charge in [-0.1, -0.05) is 12.8 Å². The molecule has 1 fully saturated rings. The predicted octanol–water partition coefficient (Wildman–Crippen LogP) is 3.46. The van der Waals surface area contributed by atoms with Crippen LogP contribution in [0.3, 0.4) is 0 Å². The molecule has 1 saturated carbocycles. The first-order chi connectivity index (χ1) is 12.1. The van der Waals surface area contributed by atoms with Crippen molar-refractivity contribution in [2.24, 2.45) is 0 Å². The van der Waals surface area contributed by atoms with Gasteiger partial charge in [-0.25, -0.2) is 4.79 Å². The Bertz CT molecular complexity index is 657. The number of carboxylic acid groups (broad SMARTS) is 1. The molecule has 0 bridgehead atoms. The fraction of sp³-hybridized carbons (Fsp3) is 0.588. The van der Waals surface area contributed by atoms with Gasteiger partial charge in [0.15, 0.2) is 11.5 Å². The van der Waals surface area contributed by atoms with E-state index in [0.717, 1.165) is 37.7 Å². The number of fused-ring (bicyclic) bond motifs is 1. The molecule has 0 aliphatic heterocycles. The van der Waals surface area contributed by atoms with E-state index in [2.05, 4.69) is 5.32 Å². The predicted molar refractivity (Wildman–Crippen MR) is 87.2 cm³/mol. The molecule has 6 nitrogen and oxygen atoms in total. The number of aromatic hydroxyl groups is 2. The summed E-state index contributed by atoms with van der Waals surface area (Å²) in [6.45, 7) is 0. The Labute approximate surface area is 148 Å². The minimum absolute atomic E-state index is 0.0586. The van der Waals surface area contributed by atoms with Gasteiger partial charge in [0.1, 0.15) is 0 Å². The molecule has 3 rings (SSSR count). The van der Waals surface area contributed by atoms with Gasteiger partial charge in [0.2, 0.25) is 0 Å². The summed E-state index contributed by atoms with van der Waals surface area (Å²) in [6, 6.07) is 2.18. The second-order valence-electron chi connectivity index (χ2n) is 6.53. The Balaban J connectivity index is 0.000000298. The van der Waals surface area contributed by atoms with Crippen LogP contribution in [-0.4, -0.2) is 38.6 Å². The minimum atomic E-state index is -5.08. The van der Waals surface area contributed by atoms with Crippen LogP contribution in [0, 0.1) is 0 Å². The number of phenolic OH excluding ortho intramolecular Hbond substituents is 2. The third-order valence-electron chi connectivity index (χ3n) is 4.63. The van der Waals surface area contributed by atoms with Gasteiger partial charge in [0.25, 0.3) is 0 Å². The first-order valence-corrected chi connectivity index (χ1v) is 8.43. The highest BCUT2D eigenvalue weighted by Crippen LogP contribution is 2.45. The Hall–Kier alpha value is -2.16. The van der Waals surface area contributed by atoms with Crippen LogP contribution in [0.15, 0.2) is 6.07 Å². The van der Waals surface area contributed by atoms with E-state index in [1.54, 1.807) is 0 Å². The summed E-state index contributed by atoms with van der Waals surface area (Å²) >= 11 is 0. The monoisotopic (exact) mass is 377 g/mol. The second-order valence-corrected chi connectivity index (χ2v) is 6.53. The van der Waals surface area contributed by atoms with E-state index in [0.29, 0.717) is 17.3 Å². The zero-order valence-corrected chi connectivity index (χ0v) is 14.0. The van der Waals surface area contributed by atoms with Gasteiger partial charge in [0.05, 0.1) is 11.8 Å². The van der Waals surface area contributed by atoms with Crippen LogP contribution in [0.5, 0.6) is 11.5 Å². The van der Waals surface area contributed by atoms with Crippen LogP contribution in [-0.2, 0) is 11.2 Å². The largest absolute Gasteiger partial charge is 0.504 e. The highest BCUT2D eigenvalue weighted by atomic mass is 19.4. The zero-order chi connectivity index (χ0) is 19.5. The third-order valence-corrected chi connectivity index (χ3v) is 4.63. The van der Waals surface area contributed by atoms with Crippen molar-refractivity contribution < 1.29 is 38.4 Å². The number of aliphatic hydroxyl groups is 1. The standard InChI is InChI=1S/C15H21NO3.C2HF3O2/c17-13-7-3-6-10-11(13)8-12(15(19)14(10)18)16-9-4-1-2-5-9;3-2(4,5)1(6)7/h8-9,13,16-19H,1-7H2;(H,6,7). The lowest BCUT2D eigenvalue weighted by molar-refractivity contribution is -0.192. The molecule has 9 heteroatoms. The number of carbonyl (C=O) groups is 1. The average molecular weight is 377 g/mol. The molecular formula is C17H22F3NO5. The summed E-state index contributed by atoms with van der Waals surface area (Å²) in [5.74, 6) is -2.89. The number of alkyl halides is 3. The number of aliphatic carboxylic acids is 1. The zero-order valence-electron chi connectivity index (χ0n) is 14.0. The topological polar surface area (TPSA) is 110 Å². The number of anilines is 1. The van der Waals surface area contributed by atoms with E-state index >= 15 is 0 Å². The molecule has 0 radical (unpaired) electrons. The number of hydrogen-bond donors (Lipinski definition) is 5. The van der Waals surface area contributed by atoms with Crippen LogP contribution in [0.25, 0.3) is 0 Å². The molecule has 1 aromatic rings. The normalized spacial score (nSPS) is 20.1. The van der Waals surface area contributed by atoms with Crippen molar-refractivity contribution in [3.63, 3.8) is 0 Å². The lowest BCUT2D eigenvalue weighted by Crippen LogP contribution is -2.21. The molecular weight excluding hydrogens is 355 g/mol. The van der Waals surface area contributed by atoms with Crippen molar-refractivity contribution in [1.29, 1.82) is 0 Å². The number of phenols is 2. The Morgan fingerprint density at radius 2 is 1.65 bits per heavy atom. The molecule has 0 spiro atoms. The van der Waals surface area contributed by atoms with Gasteiger partial charge in [0, 0.05) is 11.6 Å². The first kappa shape index (κ1) is 20.2. The smallest absolute Gasteiger partial charge is 0.490 e. The minimum Gasteiger partial charge on any atom is -0.504 e. The molecule has 5 N–H and O–H groups in total. The maximum absolute atomic E-state index is 10.6. The summed E-state index contributed by atoms with van der Waals surface area (Å²) in [7, 11) is 0. The van der Waals surface area contributed by atoms with Gasteiger partial charge in [-0.3, -0.25) is 0 Å². The van der Waals surface area contributed by atoms with E-state index in [1.807, 2.05) is 6.07 Å². The fourth-order valence-electron chi connectivity index (χ4n) is 3.31. The summed E-state index contributed by atoms with van der Waals surface area (Å²) in [5, 5.41) is 40.7. The molecule has 2 aliphatic carbocycles. The number of rotatable bonds is 2. The molecule has 2 aliphatic rings. The van der Waals surface area contributed by atoms with Crippen LogP contribution >= 0.6 is 0 Å². The van der Waals surface area contributed by atoms with E-state index in [4.69, 9.17) is 9.90 Å². The molecule has 0 amide bonds. The van der Waals surface area contributed by atoms with Crippen LogP contribution in [0.1, 0.15) is 55.8 Å². The van der Waals surface area contributed by atoms with E-state index < -0.39 is 18.2 Å². The molecule has 1 atom stereocenters. The number of carboxylic acids is 1. The summed E-state index contributed by atoms with van der Waals surface area (Å²) in [4.78, 5) is 8.90. The summed E-state index contributed by atoms with van der Waals surface area (Å²) in [5.41, 5.74) is 2.03. The van der Waals surface area contributed by atoms with Crippen LogP contribution in [0.2, 0.25) is 0 Å².